The number of halogens is 5. The average molecular weight is 304 g/mol. The highest BCUT2D eigenvalue weighted by Crippen LogP contribution is 2.37. The molecule has 2 N–H and O–H groups in total. The van der Waals surface area contributed by atoms with Crippen LogP contribution in [0.2, 0.25) is 5.02 Å². The van der Waals surface area contributed by atoms with Crippen LogP contribution < -0.4 is 5.73 Å². The summed E-state index contributed by atoms with van der Waals surface area (Å²) in [6.07, 6.45) is -4.61. The van der Waals surface area contributed by atoms with Gasteiger partial charge in [0.05, 0.1) is 11.6 Å². The van der Waals surface area contributed by atoms with Crippen LogP contribution in [0.25, 0.3) is 0 Å². The van der Waals surface area contributed by atoms with E-state index in [1.165, 1.54) is 12.1 Å². The third kappa shape index (κ3) is 2.94. The van der Waals surface area contributed by atoms with Gasteiger partial charge in [-0.2, -0.15) is 13.2 Å². The normalized spacial score (nSPS) is 13.3. The Morgan fingerprint density at radius 2 is 1.65 bits per heavy atom. The van der Waals surface area contributed by atoms with E-state index in [2.05, 4.69) is 0 Å². The predicted molar refractivity (Wildman–Crippen MR) is 68.9 cm³/mol. The Morgan fingerprint density at radius 3 is 2.25 bits per heavy atom. The van der Waals surface area contributed by atoms with Gasteiger partial charge in [-0.05, 0) is 35.4 Å². The van der Waals surface area contributed by atoms with Crippen LogP contribution in [0, 0.1) is 5.82 Å². The molecule has 0 aliphatic heterocycles. The molecule has 0 fully saturated rings. The maximum atomic E-state index is 13.3. The molecule has 106 valence electrons. The molecule has 0 saturated carbocycles. The van der Waals surface area contributed by atoms with Crippen molar-refractivity contribution >= 4 is 11.6 Å². The summed E-state index contributed by atoms with van der Waals surface area (Å²) in [7, 11) is 0. The van der Waals surface area contributed by atoms with Gasteiger partial charge in [0.2, 0.25) is 0 Å². The first-order valence-corrected chi connectivity index (χ1v) is 6.05. The quantitative estimate of drug-likeness (QED) is 0.810. The van der Waals surface area contributed by atoms with Crippen LogP contribution in [0.3, 0.4) is 0 Å². The van der Waals surface area contributed by atoms with Gasteiger partial charge in [0.25, 0.3) is 0 Å². The second-order valence-electron chi connectivity index (χ2n) is 4.23. The minimum absolute atomic E-state index is 0.234. The van der Waals surface area contributed by atoms with Gasteiger partial charge >= 0.3 is 6.18 Å². The van der Waals surface area contributed by atoms with E-state index in [1.807, 2.05) is 0 Å². The number of rotatable bonds is 2. The second kappa shape index (κ2) is 5.42. The van der Waals surface area contributed by atoms with Gasteiger partial charge in [0.15, 0.2) is 0 Å². The van der Waals surface area contributed by atoms with Crippen LogP contribution in [0.5, 0.6) is 0 Å². The lowest BCUT2D eigenvalue weighted by molar-refractivity contribution is -0.138. The Kier molecular flexibility index (Phi) is 4.01. The summed E-state index contributed by atoms with van der Waals surface area (Å²) >= 11 is 5.92. The van der Waals surface area contributed by atoms with E-state index in [0.717, 1.165) is 12.1 Å². The first-order chi connectivity index (χ1) is 9.30. The number of hydrogen-bond acceptors (Lipinski definition) is 1. The van der Waals surface area contributed by atoms with E-state index < -0.39 is 23.6 Å². The zero-order valence-electron chi connectivity index (χ0n) is 10.1. The molecule has 6 heteroatoms. The van der Waals surface area contributed by atoms with Gasteiger partial charge in [-0.15, -0.1) is 0 Å². The van der Waals surface area contributed by atoms with Crippen LogP contribution in [0.1, 0.15) is 22.7 Å². The van der Waals surface area contributed by atoms with Gasteiger partial charge in [-0.1, -0.05) is 29.8 Å². The first-order valence-electron chi connectivity index (χ1n) is 5.67. The number of alkyl halides is 3. The van der Waals surface area contributed by atoms with E-state index in [4.69, 9.17) is 17.3 Å². The van der Waals surface area contributed by atoms with Crippen molar-refractivity contribution in [3.8, 4) is 0 Å². The van der Waals surface area contributed by atoms with Crippen molar-refractivity contribution in [2.24, 2.45) is 5.73 Å². The lowest BCUT2D eigenvalue weighted by atomic mass is 9.94. The van der Waals surface area contributed by atoms with Crippen LogP contribution >= 0.6 is 11.6 Å². The van der Waals surface area contributed by atoms with Gasteiger partial charge < -0.3 is 5.73 Å². The van der Waals surface area contributed by atoms with E-state index in [9.17, 15) is 17.6 Å². The Balaban J connectivity index is 2.57. The lowest BCUT2D eigenvalue weighted by Crippen LogP contribution is -2.19. The van der Waals surface area contributed by atoms with Crippen molar-refractivity contribution < 1.29 is 17.6 Å². The Labute approximate surface area is 118 Å². The molecule has 0 bridgehead atoms. The van der Waals surface area contributed by atoms with Crippen LogP contribution in [-0.4, -0.2) is 0 Å². The molecular weight excluding hydrogens is 294 g/mol. The van der Waals surface area contributed by atoms with Crippen molar-refractivity contribution in [1.82, 2.24) is 0 Å². The fraction of sp³-hybridized carbons (Fsp3) is 0.143. The molecule has 2 aromatic carbocycles. The van der Waals surface area contributed by atoms with E-state index >= 15 is 0 Å². The van der Waals surface area contributed by atoms with E-state index in [-0.39, 0.29) is 10.6 Å². The molecule has 20 heavy (non-hydrogen) atoms. The summed E-state index contributed by atoms with van der Waals surface area (Å²) in [5.74, 6) is -0.782. The highest BCUT2D eigenvalue weighted by atomic mass is 35.5. The molecule has 2 rings (SSSR count). The molecule has 1 unspecified atom stereocenters. The Morgan fingerprint density at radius 1 is 1.00 bits per heavy atom. The predicted octanol–water partition coefficient (Wildman–Crippen LogP) is 4.55. The maximum Gasteiger partial charge on any atom is 0.416 e. The summed E-state index contributed by atoms with van der Waals surface area (Å²) in [5.41, 5.74) is 4.83. The van der Waals surface area contributed by atoms with E-state index in [0.29, 0.717) is 11.6 Å². The van der Waals surface area contributed by atoms with Crippen molar-refractivity contribution in [2.75, 3.05) is 0 Å². The van der Waals surface area contributed by atoms with Crippen LogP contribution in [0.15, 0.2) is 42.5 Å². The highest BCUT2D eigenvalue weighted by Gasteiger charge is 2.35. The molecule has 0 heterocycles. The third-order valence-electron chi connectivity index (χ3n) is 2.89. The highest BCUT2D eigenvalue weighted by molar-refractivity contribution is 6.31. The lowest BCUT2D eigenvalue weighted by Gasteiger charge is -2.19. The molecule has 1 atom stereocenters. The van der Waals surface area contributed by atoms with E-state index in [1.54, 1.807) is 12.1 Å². The topological polar surface area (TPSA) is 26.0 Å². The standard InChI is InChI=1S/C14H10ClF4N/c15-12-4-2-1-3-9(12)13(20)10-7-8(16)5-6-11(10)14(17,18)19/h1-7,13H,20H2. The number of benzene rings is 2. The minimum atomic E-state index is -4.61. The molecule has 0 spiro atoms. The largest absolute Gasteiger partial charge is 0.416 e. The smallest absolute Gasteiger partial charge is 0.320 e. The Hall–Kier alpha value is -1.59. The summed E-state index contributed by atoms with van der Waals surface area (Å²) in [6, 6.07) is 7.34. The van der Waals surface area contributed by atoms with Gasteiger partial charge in [-0.25, -0.2) is 4.39 Å². The van der Waals surface area contributed by atoms with Crippen LogP contribution in [0.4, 0.5) is 17.6 Å². The van der Waals surface area contributed by atoms with Crippen molar-refractivity contribution in [1.29, 1.82) is 0 Å². The zero-order chi connectivity index (χ0) is 14.9. The monoisotopic (exact) mass is 303 g/mol. The summed E-state index contributed by atoms with van der Waals surface area (Å²) in [6.45, 7) is 0. The summed E-state index contributed by atoms with van der Waals surface area (Å²) in [4.78, 5) is 0. The fourth-order valence-corrected chi connectivity index (χ4v) is 2.20. The summed E-state index contributed by atoms with van der Waals surface area (Å²) in [5, 5.41) is 0.234. The van der Waals surface area contributed by atoms with Gasteiger partial charge in [-0.3, -0.25) is 0 Å². The SMILES string of the molecule is NC(c1ccccc1Cl)c1cc(F)ccc1C(F)(F)F. The van der Waals surface area contributed by atoms with Crippen molar-refractivity contribution in [2.45, 2.75) is 12.2 Å². The molecule has 0 radical (unpaired) electrons. The molecule has 0 saturated heterocycles. The molecule has 2 aromatic rings. The number of hydrogen-bond donors (Lipinski definition) is 1. The molecule has 1 nitrogen and oxygen atoms in total. The fourth-order valence-electron chi connectivity index (χ4n) is 1.94. The third-order valence-corrected chi connectivity index (χ3v) is 3.24. The Bertz CT molecular complexity index is 625. The molecule has 0 amide bonds. The maximum absolute atomic E-state index is 13.3. The van der Waals surface area contributed by atoms with Crippen molar-refractivity contribution in [3.63, 3.8) is 0 Å². The molecule has 0 aliphatic carbocycles. The average Bonchev–Trinajstić information content (AvgIpc) is 2.37. The number of nitrogens with two attached hydrogens (primary N) is 1. The van der Waals surface area contributed by atoms with Crippen molar-refractivity contribution in [3.05, 3.63) is 70.0 Å². The zero-order valence-corrected chi connectivity index (χ0v) is 10.8. The molecule has 0 aromatic heterocycles. The second-order valence-corrected chi connectivity index (χ2v) is 4.64. The van der Waals surface area contributed by atoms with Gasteiger partial charge in [0, 0.05) is 5.02 Å². The molecule has 0 aliphatic rings. The minimum Gasteiger partial charge on any atom is -0.320 e. The molecular formula is C14H10ClF4N. The summed E-state index contributed by atoms with van der Waals surface area (Å²) < 4.78 is 52.1. The van der Waals surface area contributed by atoms with Gasteiger partial charge in [0.1, 0.15) is 5.82 Å². The first kappa shape index (κ1) is 14.8. The van der Waals surface area contributed by atoms with Crippen LogP contribution in [-0.2, 0) is 6.18 Å².